The SMILES string of the molecule is CCC(c1ccc(OC(=O)OC(C(F)(F)F)(C(F)(F)F)C(F)(F)F)cc1)C1C(=O)N(OS(=O)(=O)C(F)(F)F)C(=O)C1C. The molecule has 0 saturated carbocycles. The first-order valence-electron chi connectivity index (χ1n) is 10.8. The predicted octanol–water partition coefficient (Wildman–Crippen LogP) is 5.52. The van der Waals surface area contributed by atoms with Crippen LogP contribution in [-0.4, -0.2) is 61.1 Å². The average molecular weight is 657 g/mol. The monoisotopic (exact) mass is 657 g/mol. The Balaban J connectivity index is 2.32. The summed E-state index contributed by atoms with van der Waals surface area (Å²) in [5.41, 5.74) is -13.0. The van der Waals surface area contributed by atoms with Gasteiger partial charge in [-0.2, -0.15) is 61.1 Å². The third kappa shape index (κ3) is 6.22. The Labute approximate surface area is 226 Å². The quantitative estimate of drug-likeness (QED) is 0.124. The van der Waals surface area contributed by atoms with Crippen molar-refractivity contribution in [3.8, 4) is 5.75 Å². The average Bonchev–Trinajstić information content (AvgIpc) is 2.99. The Morgan fingerprint density at radius 2 is 1.31 bits per heavy atom. The zero-order valence-corrected chi connectivity index (χ0v) is 21.2. The van der Waals surface area contributed by atoms with Gasteiger partial charge in [-0.3, -0.25) is 9.59 Å². The van der Waals surface area contributed by atoms with Crippen molar-refractivity contribution in [2.24, 2.45) is 11.8 Å². The summed E-state index contributed by atoms with van der Waals surface area (Å²) in [5, 5.41) is -0.595. The normalized spacial score (nSPS) is 20.1. The molecular weight excluding hydrogens is 642 g/mol. The van der Waals surface area contributed by atoms with Gasteiger partial charge < -0.3 is 9.47 Å². The molecule has 1 saturated heterocycles. The number of rotatable bonds is 7. The third-order valence-corrected chi connectivity index (χ3v) is 6.80. The molecule has 3 unspecified atom stereocenters. The molecule has 1 aliphatic rings. The number of alkyl halides is 12. The van der Waals surface area contributed by atoms with Gasteiger partial charge in [0.05, 0.1) is 11.8 Å². The van der Waals surface area contributed by atoms with Gasteiger partial charge in [-0.15, -0.1) is 9.35 Å². The summed E-state index contributed by atoms with van der Waals surface area (Å²) in [6.07, 6.45) is -24.8. The van der Waals surface area contributed by atoms with Crippen LogP contribution < -0.4 is 4.74 Å². The number of hydroxylamine groups is 2. The van der Waals surface area contributed by atoms with E-state index in [0.717, 1.165) is 19.1 Å². The number of imide groups is 1. The van der Waals surface area contributed by atoms with E-state index in [9.17, 15) is 75.5 Å². The molecule has 42 heavy (non-hydrogen) atoms. The first-order valence-corrected chi connectivity index (χ1v) is 12.2. The van der Waals surface area contributed by atoms with Gasteiger partial charge in [0, 0.05) is 0 Å². The lowest BCUT2D eigenvalue weighted by Gasteiger charge is -2.36. The number of amides is 2. The highest BCUT2D eigenvalue weighted by Gasteiger charge is 2.87. The summed E-state index contributed by atoms with van der Waals surface area (Å²) in [4.78, 5) is 36.6. The van der Waals surface area contributed by atoms with Crippen LogP contribution in [-0.2, 0) is 28.7 Å². The van der Waals surface area contributed by atoms with E-state index in [2.05, 4.69) is 13.8 Å². The first kappa shape index (κ1) is 34.9. The van der Waals surface area contributed by atoms with Crippen molar-refractivity contribution in [3.05, 3.63) is 29.8 Å². The number of ether oxygens (including phenoxy) is 2. The molecule has 2 rings (SSSR count). The maximum absolute atomic E-state index is 12.9. The Hall–Kier alpha value is -3.30. The number of halogens is 12. The molecule has 0 aromatic heterocycles. The van der Waals surface area contributed by atoms with Crippen LogP contribution in [0.2, 0.25) is 0 Å². The van der Waals surface area contributed by atoms with E-state index >= 15 is 0 Å². The van der Waals surface area contributed by atoms with Gasteiger partial charge in [-0.1, -0.05) is 26.0 Å². The van der Waals surface area contributed by atoms with Crippen LogP contribution in [0.3, 0.4) is 0 Å². The van der Waals surface area contributed by atoms with Gasteiger partial charge in [0.1, 0.15) is 5.75 Å². The smallest absolute Gasteiger partial charge is 0.399 e. The van der Waals surface area contributed by atoms with E-state index in [-0.39, 0.29) is 12.0 Å². The minimum absolute atomic E-state index is 0.0213. The summed E-state index contributed by atoms with van der Waals surface area (Å²) in [7, 11) is -6.44. The zero-order chi connectivity index (χ0) is 32.9. The number of carbonyl (C=O) groups excluding carboxylic acids is 3. The summed E-state index contributed by atoms with van der Waals surface area (Å²) in [5.74, 6) is -8.11. The minimum atomic E-state index is -7.22. The predicted molar refractivity (Wildman–Crippen MR) is 108 cm³/mol. The van der Waals surface area contributed by atoms with Gasteiger partial charge in [0.2, 0.25) is 0 Å². The Morgan fingerprint density at radius 1 is 0.857 bits per heavy atom. The number of hydrogen-bond donors (Lipinski definition) is 0. The summed E-state index contributed by atoms with van der Waals surface area (Å²) in [6.45, 7) is 2.43. The Bertz CT molecular complexity index is 1270. The van der Waals surface area contributed by atoms with Crippen LogP contribution in [0.5, 0.6) is 5.75 Å². The van der Waals surface area contributed by atoms with Crippen molar-refractivity contribution < 1.29 is 89.2 Å². The van der Waals surface area contributed by atoms with Crippen molar-refractivity contribution in [1.82, 2.24) is 5.06 Å². The molecule has 0 radical (unpaired) electrons. The second-order valence-corrected chi connectivity index (χ2v) is 9.99. The summed E-state index contributed by atoms with van der Waals surface area (Å²) in [6, 6.07) is 3.04. The Kier molecular flexibility index (Phi) is 9.21. The van der Waals surface area contributed by atoms with Crippen LogP contribution in [0.1, 0.15) is 31.7 Å². The molecule has 3 atom stereocenters. The highest BCUT2D eigenvalue weighted by molar-refractivity contribution is 7.87. The second-order valence-electron chi connectivity index (χ2n) is 8.47. The molecule has 1 heterocycles. The van der Waals surface area contributed by atoms with Crippen molar-refractivity contribution >= 4 is 28.1 Å². The summed E-state index contributed by atoms with van der Waals surface area (Å²) < 4.78 is 187. The maximum atomic E-state index is 12.9. The van der Waals surface area contributed by atoms with E-state index in [0.29, 0.717) is 12.1 Å². The van der Waals surface area contributed by atoms with E-state index in [1.54, 1.807) is 0 Å². The highest BCUT2D eigenvalue weighted by atomic mass is 32.2. The molecule has 1 aromatic carbocycles. The Morgan fingerprint density at radius 3 is 1.69 bits per heavy atom. The number of carbonyl (C=O) groups is 3. The van der Waals surface area contributed by atoms with E-state index in [1.807, 2.05) is 0 Å². The lowest BCUT2D eigenvalue weighted by Crippen LogP contribution is -2.68. The second kappa shape index (κ2) is 11.1. The molecule has 1 fully saturated rings. The number of hydrogen-bond acceptors (Lipinski definition) is 8. The molecule has 1 aromatic rings. The third-order valence-electron chi connectivity index (χ3n) is 5.89. The zero-order valence-electron chi connectivity index (χ0n) is 20.4. The van der Waals surface area contributed by atoms with Crippen molar-refractivity contribution in [2.45, 2.75) is 55.8 Å². The fourth-order valence-electron chi connectivity index (χ4n) is 3.91. The topological polar surface area (TPSA) is 116 Å². The molecule has 2 amide bonds. The number of benzene rings is 1. The number of nitrogens with zero attached hydrogens (tertiary/aromatic N) is 1. The molecule has 0 N–H and O–H groups in total. The van der Waals surface area contributed by atoms with Gasteiger partial charge in [0.15, 0.2) is 0 Å². The fraction of sp³-hybridized carbons (Fsp3) is 0.550. The van der Waals surface area contributed by atoms with Crippen LogP contribution in [0.4, 0.5) is 57.5 Å². The van der Waals surface area contributed by atoms with Crippen molar-refractivity contribution in [2.75, 3.05) is 0 Å². The standard InChI is InChI=1S/C20H15F12NO8S/c1-3-11(12-8(2)13(34)33(14(12)35)41-42(37,38)20(30,31)32)9-4-6-10(7-5-9)39-15(36)40-16(17(21,22)23,18(24,25)26)19(27,28)29/h4-8,11-12H,3H2,1-2H3. The van der Waals surface area contributed by atoms with Gasteiger partial charge in [0.25, 0.3) is 11.8 Å². The van der Waals surface area contributed by atoms with Crippen LogP contribution in [0.25, 0.3) is 0 Å². The van der Waals surface area contributed by atoms with Gasteiger partial charge in [-0.05, 0) is 30.0 Å². The summed E-state index contributed by atoms with van der Waals surface area (Å²) >= 11 is 0. The van der Waals surface area contributed by atoms with Crippen LogP contribution in [0.15, 0.2) is 24.3 Å². The minimum Gasteiger partial charge on any atom is -0.399 e. The van der Waals surface area contributed by atoms with Crippen molar-refractivity contribution in [3.63, 3.8) is 0 Å². The van der Waals surface area contributed by atoms with E-state index in [4.69, 9.17) is 0 Å². The highest BCUT2D eigenvalue weighted by Crippen LogP contribution is 2.55. The first-order chi connectivity index (χ1) is 18.7. The lowest BCUT2D eigenvalue weighted by atomic mass is 9.78. The molecule has 1 aliphatic heterocycles. The van der Waals surface area contributed by atoms with E-state index < -0.39 is 86.3 Å². The van der Waals surface area contributed by atoms with Crippen molar-refractivity contribution in [1.29, 1.82) is 0 Å². The molecule has 9 nitrogen and oxygen atoms in total. The van der Waals surface area contributed by atoms with Crippen LogP contribution in [0, 0.1) is 11.8 Å². The lowest BCUT2D eigenvalue weighted by molar-refractivity contribution is -0.445. The maximum Gasteiger partial charge on any atom is 0.525 e. The fourth-order valence-corrected chi connectivity index (χ4v) is 4.34. The molecule has 22 heteroatoms. The molecule has 238 valence electrons. The van der Waals surface area contributed by atoms with Crippen LogP contribution >= 0.6 is 0 Å². The van der Waals surface area contributed by atoms with Gasteiger partial charge >= 0.3 is 45.9 Å². The van der Waals surface area contributed by atoms with E-state index in [1.165, 1.54) is 6.92 Å². The molecule has 0 spiro atoms. The molecule has 0 aliphatic carbocycles. The molecular formula is C20H15F12NO8S. The molecule has 0 bridgehead atoms. The largest absolute Gasteiger partial charge is 0.525 e. The van der Waals surface area contributed by atoms with Gasteiger partial charge in [-0.25, -0.2) is 4.79 Å².